The van der Waals surface area contributed by atoms with Crippen molar-refractivity contribution < 1.29 is 4.39 Å². The van der Waals surface area contributed by atoms with Gasteiger partial charge in [0.1, 0.15) is 5.82 Å². The Morgan fingerprint density at radius 3 is 2.58 bits per heavy atom. The van der Waals surface area contributed by atoms with Crippen LogP contribution in [0.5, 0.6) is 0 Å². The van der Waals surface area contributed by atoms with E-state index in [2.05, 4.69) is 21.2 Å². The van der Waals surface area contributed by atoms with Crippen LogP contribution < -0.4 is 5.32 Å². The molecule has 0 unspecified atom stereocenters. The van der Waals surface area contributed by atoms with Gasteiger partial charge in [-0.2, -0.15) is 5.26 Å². The zero-order valence-electron chi connectivity index (χ0n) is 10.2. The van der Waals surface area contributed by atoms with Gasteiger partial charge in [-0.05, 0) is 29.8 Å². The van der Waals surface area contributed by atoms with E-state index in [-0.39, 0.29) is 5.82 Å². The van der Waals surface area contributed by atoms with Crippen LogP contribution in [0.25, 0.3) is 0 Å². The van der Waals surface area contributed by atoms with Crippen molar-refractivity contribution in [3.8, 4) is 6.07 Å². The van der Waals surface area contributed by atoms with Gasteiger partial charge < -0.3 is 5.32 Å². The number of nitriles is 1. The number of hydrogen-bond donors (Lipinski definition) is 1. The van der Waals surface area contributed by atoms with E-state index in [1.54, 1.807) is 6.07 Å². The molecule has 0 spiro atoms. The van der Waals surface area contributed by atoms with Crippen LogP contribution in [-0.4, -0.2) is 0 Å². The average Bonchev–Trinajstić information content (AvgIpc) is 2.43. The molecule has 0 heterocycles. The molecule has 4 heteroatoms. The molecule has 2 aromatic rings. The lowest BCUT2D eigenvalue weighted by atomic mass is 10.1. The van der Waals surface area contributed by atoms with Crippen LogP contribution in [0.3, 0.4) is 0 Å². The first-order valence-corrected chi connectivity index (χ1v) is 6.62. The minimum absolute atomic E-state index is 0.293. The summed E-state index contributed by atoms with van der Waals surface area (Å²) in [6, 6.07) is 14.3. The van der Waals surface area contributed by atoms with Crippen molar-refractivity contribution in [3.05, 3.63) is 69.4 Å². The fraction of sp³-hybridized carbons (Fsp3) is 0.133. The molecule has 0 fully saturated rings. The lowest BCUT2D eigenvalue weighted by Crippen LogP contribution is -2.14. The molecule has 0 radical (unpaired) electrons. The van der Waals surface area contributed by atoms with E-state index in [0.29, 0.717) is 24.2 Å². The van der Waals surface area contributed by atoms with E-state index in [9.17, 15) is 4.39 Å². The Morgan fingerprint density at radius 2 is 1.84 bits per heavy atom. The van der Waals surface area contributed by atoms with Gasteiger partial charge in [0.25, 0.3) is 0 Å². The lowest BCUT2D eigenvalue weighted by molar-refractivity contribution is 0.587. The molecule has 0 amide bonds. The molecule has 0 saturated carbocycles. The third kappa shape index (κ3) is 3.63. The number of nitrogens with zero attached hydrogens (tertiary/aromatic N) is 1. The van der Waals surface area contributed by atoms with Gasteiger partial charge in [-0.25, -0.2) is 4.39 Å². The van der Waals surface area contributed by atoms with Crippen LogP contribution >= 0.6 is 15.9 Å². The highest BCUT2D eigenvalue weighted by Gasteiger charge is 2.04. The predicted molar refractivity (Wildman–Crippen MR) is 75.8 cm³/mol. The quantitative estimate of drug-likeness (QED) is 0.932. The maximum absolute atomic E-state index is 13.6. The number of rotatable bonds is 4. The summed E-state index contributed by atoms with van der Waals surface area (Å²) in [6.45, 7) is 1.03. The van der Waals surface area contributed by atoms with E-state index >= 15 is 0 Å². The molecule has 0 aliphatic heterocycles. The van der Waals surface area contributed by atoms with Crippen molar-refractivity contribution in [3.63, 3.8) is 0 Å². The molecule has 2 aromatic carbocycles. The monoisotopic (exact) mass is 318 g/mol. The summed E-state index contributed by atoms with van der Waals surface area (Å²) in [5, 5.41) is 12.0. The minimum atomic E-state index is -0.293. The average molecular weight is 319 g/mol. The van der Waals surface area contributed by atoms with Crippen molar-refractivity contribution in [2.45, 2.75) is 13.1 Å². The van der Waals surface area contributed by atoms with Crippen molar-refractivity contribution in [1.29, 1.82) is 5.26 Å². The van der Waals surface area contributed by atoms with Gasteiger partial charge >= 0.3 is 0 Å². The van der Waals surface area contributed by atoms with Gasteiger partial charge in [-0.3, -0.25) is 0 Å². The molecule has 2 rings (SSSR count). The van der Waals surface area contributed by atoms with E-state index < -0.39 is 0 Å². The Balaban J connectivity index is 2.00. The van der Waals surface area contributed by atoms with E-state index in [4.69, 9.17) is 5.26 Å². The maximum atomic E-state index is 13.6. The van der Waals surface area contributed by atoms with Crippen LogP contribution in [0.15, 0.2) is 46.9 Å². The molecule has 0 aliphatic rings. The second kappa shape index (κ2) is 6.46. The Hall–Kier alpha value is -1.70. The van der Waals surface area contributed by atoms with E-state index in [1.165, 1.54) is 12.1 Å². The third-order valence-corrected chi connectivity index (χ3v) is 3.54. The topological polar surface area (TPSA) is 35.8 Å². The summed E-state index contributed by atoms with van der Waals surface area (Å²) in [7, 11) is 0. The molecular weight excluding hydrogens is 307 g/mol. The normalized spacial score (nSPS) is 10.2. The zero-order chi connectivity index (χ0) is 13.7. The standard InChI is InChI=1S/C15H12BrFN2/c16-14-4-2-1-3-12(14)9-19-10-13-7-11(8-18)5-6-15(13)17/h1-7,19H,9-10H2. The highest BCUT2D eigenvalue weighted by atomic mass is 79.9. The number of halogens is 2. The van der Waals surface area contributed by atoms with Crippen molar-refractivity contribution in [2.75, 3.05) is 0 Å². The fourth-order valence-electron chi connectivity index (χ4n) is 1.75. The molecular formula is C15H12BrFN2. The number of hydrogen-bond acceptors (Lipinski definition) is 2. The van der Waals surface area contributed by atoms with E-state index in [1.807, 2.05) is 30.3 Å². The van der Waals surface area contributed by atoms with Crippen molar-refractivity contribution >= 4 is 15.9 Å². The molecule has 0 bridgehead atoms. The molecule has 96 valence electrons. The van der Waals surface area contributed by atoms with Crippen LogP contribution in [-0.2, 0) is 13.1 Å². The predicted octanol–water partition coefficient (Wildman–Crippen LogP) is 3.75. The number of nitrogens with one attached hydrogen (secondary N) is 1. The number of benzene rings is 2. The molecule has 0 saturated heterocycles. The second-order valence-corrected chi connectivity index (χ2v) is 4.97. The van der Waals surface area contributed by atoms with E-state index in [0.717, 1.165) is 10.0 Å². The van der Waals surface area contributed by atoms with Crippen LogP contribution in [0.2, 0.25) is 0 Å². The SMILES string of the molecule is N#Cc1ccc(F)c(CNCc2ccccc2Br)c1. The Morgan fingerprint density at radius 1 is 1.11 bits per heavy atom. The molecule has 19 heavy (non-hydrogen) atoms. The molecule has 0 atom stereocenters. The zero-order valence-corrected chi connectivity index (χ0v) is 11.7. The van der Waals surface area contributed by atoms with Gasteiger partial charge in [0, 0.05) is 23.1 Å². The maximum Gasteiger partial charge on any atom is 0.127 e. The molecule has 0 aliphatic carbocycles. The summed E-state index contributed by atoms with van der Waals surface area (Å²) < 4.78 is 14.6. The van der Waals surface area contributed by atoms with Crippen LogP contribution in [0.1, 0.15) is 16.7 Å². The minimum Gasteiger partial charge on any atom is -0.308 e. The summed E-state index contributed by atoms with van der Waals surface area (Å²) in [5.41, 5.74) is 2.09. The highest BCUT2D eigenvalue weighted by molar-refractivity contribution is 9.10. The highest BCUT2D eigenvalue weighted by Crippen LogP contribution is 2.16. The van der Waals surface area contributed by atoms with Crippen LogP contribution in [0, 0.1) is 17.1 Å². The first-order chi connectivity index (χ1) is 9.20. The Bertz CT molecular complexity index is 620. The van der Waals surface area contributed by atoms with Gasteiger partial charge in [0.05, 0.1) is 11.6 Å². The van der Waals surface area contributed by atoms with Gasteiger partial charge in [-0.1, -0.05) is 34.1 Å². The lowest BCUT2D eigenvalue weighted by Gasteiger charge is -2.08. The smallest absolute Gasteiger partial charge is 0.127 e. The first kappa shape index (κ1) is 13.7. The molecule has 2 nitrogen and oxygen atoms in total. The summed E-state index contributed by atoms with van der Waals surface area (Å²) >= 11 is 3.46. The van der Waals surface area contributed by atoms with Gasteiger partial charge in [0.15, 0.2) is 0 Å². The van der Waals surface area contributed by atoms with Crippen LogP contribution in [0.4, 0.5) is 4.39 Å². The largest absolute Gasteiger partial charge is 0.308 e. The Labute approximate surface area is 120 Å². The molecule has 0 aromatic heterocycles. The molecule has 1 N–H and O–H groups in total. The summed E-state index contributed by atoms with van der Waals surface area (Å²) in [6.07, 6.45) is 0. The second-order valence-electron chi connectivity index (χ2n) is 4.11. The fourth-order valence-corrected chi connectivity index (χ4v) is 2.18. The first-order valence-electron chi connectivity index (χ1n) is 5.83. The Kier molecular flexibility index (Phi) is 4.67. The van der Waals surface area contributed by atoms with Crippen molar-refractivity contribution in [1.82, 2.24) is 5.32 Å². The van der Waals surface area contributed by atoms with Crippen molar-refractivity contribution in [2.24, 2.45) is 0 Å². The summed E-state index contributed by atoms with van der Waals surface area (Å²) in [5.74, 6) is -0.293. The van der Waals surface area contributed by atoms with Gasteiger partial charge in [-0.15, -0.1) is 0 Å². The van der Waals surface area contributed by atoms with Gasteiger partial charge in [0.2, 0.25) is 0 Å². The third-order valence-electron chi connectivity index (χ3n) is 2.76. The summed E-state index contributed by atoms with van der Waals surface area (Å²) in [4.78, 5) is 0.